The lowest BCUT2D eigenvalue weighted by Crippen LogP contribution is -1.96. The first-order valence-corrected chi connectivity index (χ1v) is 6.85. The van der Waals surface area contributed by atoms with Gasteiger partial charge in [-0.2, -0.15) is 0 Å². The van der Waals surface area contributed by atoms with E-state index in [9.17, 15) is 0 Å². The molecule has 2 rings (SSSR count). The Labute approximate surface area is 118 Å². The number of benzene rings is 1. The quantitative estimate of drug-likeness (QED) is 0.872. The van der Waals surface area contributed by atoms with Gasteiger partial charge in [0.25, 0.3) is 0 Å². The van der Waals surface area contributed by atoms with Crippen LogP contribution in [0.25, 0.3) is 0 Å². The maximum Gasteiger partial charge on any atom is 0.144 e. The fourth-order valence-electron chi connectivity index (χ4n) is 1.35. The van der Waals surface area contributed by atoms with Gasteiger partial charge < -0.3 is 10.1 Å². The zero-order chi connectivity index (χ0) is 13.0. The molecule has 0 unspecified atom stereocenters. The van der Waals surface area contributed by atoms with Gasteiger partial charge in [-0.3, -0.25) is 0 Å². The molecule has 1 aromatic carbocycles. The highest BCUT2D eigenvalue weighted by atomic mass is 79.9. The molecule has 1 aromatic heterocycles. The molecule has 6 heteroatoms. The van der Waals surface area contributed by atoms with Gasteiger partial charge in [0.1, 0.15) is 22.9 Å². The molecule has 0 saturated carbocycles. The highest BCUT2D eigenvalue weighted by Crippen LogP contribution is 2.35. The van der Waals surface area contributed by atoms with Crippen LogP contribution in [0.2, 0.25) is 0 Å². The van der Waals surface area contributed by atoms with Gasteiger partial charge in [0.05, 0.1) is 11.6 Å². The molecule has 0 aliphatic rings. The van der Waals surface area contributed by atoms with E-state index in [1.54, 1.807) is 25.2 Å². The van der Waals surface area contributed by atoms with Crippen LogP contribution in [0.3, 0.4) is 0 Å². The van der Waals surface area contributed by atoms with Crippen molar-refractivity contribution in [1.82, 2.24) is 9.97 Å². The zero-order valence-corrected chi connectivity index (χ0v) is 12.4. The molecule has 0 aliphatic heterocycles. The van der Waals surface area contributed by atoms with Crippen LogP contribution in [-0.4, -0.2) is 24.1 Å². The summed E-state index contributed by atoms with van der Waals surface area (Å²) in [5, 5.41) is 3.88. The number of ether oxygens (including phenoxy) is 1. The summed E-state index contributed by atoms with van der Waals surface area (Å²) in [7, 11) is 3.48. The molecule has 1 N–H and O–H groups in total. The van der Waals surface area contributed by atoms with Gasteiger partial charge in [0.2, 0.25) is 0 Å². The van der Waals surface area contributed by atoms with E-state index in [2.05, 4.69) is 31.2 Å². The minimum Gasteiger partial charge on any atom is -0.497 e. The van der Waals surface area contributed by atoms with Crippen molar-refractivity contribution in [3.8, 4) is 5.75 Å². The first-order chi connectivity index (χ1) is 8.74. The van der Waals surface area contributed by atoms with Crippen molar-refractivity contribution in [3.63, 3.8) is 0 Å². The normalized spacial score (nSPS) is 10.2. The molecule has 0 spiro atoms. The molecule has 94 valence electrons. The van der Waals surface area contributed by atoms with Crippen LogP contribution >= 0.6 is 27.7 Å². The minimum absolute atomic E-state index is 0.779. The Hall–Kier alpha value is -1.27. The summed E-state index contributed by atoms with van der Waals surface area (Å²) in [6.07, 6.45) is 1.54. The Morgan fingerprint density at radius 1 is 1.22 bits per heavy atom. The molecule has 0 atom stereocenters. The van der Waals surface area contributed by atoms with Crippen molar-refractivity contribution in [2.45, 2.75) is 9.92 Å². The number of hydrogen-bond acceptors (Lipinski definition) is 5. The van der Waals surface area contributed by atoms with Crippen LogP contribution in [0.1, 0.15) is 0 Å². The lowest BCUT2D eigenvalue weighted by atomic mass is 10.3. The van der Waals surface area contributed by atoms with Crippen molar-refractivity contribution in [2.24, 2.45) is 0 Å². The van der Waals surface area contributed by atoms with Crippen molar-refractivity contribution in [2.75, 3.05) is 19.5 Å². The molecule has 4 nitrogen and oxygen atoms in total. The van der Waals surface area contributed by atoms with Gasteiger partial charge >= 0.3 is 0 Å². The Morgan fingerprint density at radius 2 is 1.94 bits per heavy atom. The predicted octanol–water partition coefficient (Wildman–Crippen LogP) is 3.44. The third-order valence-corrected chi connectivity index (χ3v) is 4.29. The van der Waals surface area contributed by atoms with Crippen molar-refractivity contribution in [3.05, 3.63) is 35.1 Å². The molecule has 0 bridgehead atoms. The van der Waals surface area contributed by atoms with Crippen molar-refractivity contribution < 1.29 is 4.74 Å². The zero-order valence-electron chi connectivity index (χ0n) is 9.98. The van der Waals surface area contributed by atoms with Gasteiger partial charge in [-0.1, -0.05) is 11.8 Å². The highest BCUT2D eigenvalue weighted by Gasteiger charge is 2.08. The summed E-state index contributed by atoms with van der Waals surface area (Å²) < 4.78 is 5.99. The first kappa shape index (κ1) is 13.2. The maximum atomic E-state index is 5.13. The number of hydrogen-bond donors (Lipinski definition) is 1. The molecule has 2 aromatic rings. The van der Waals surface area contributed by atoms with E-state index < -0.39 is 0 Å². The molecule has 0 amide bonds. The molecule has 0 radical (unpaired) electrons. The average molecular weight is 326 g/mol. The summed E-state index contributed by atoms with van der Waals surface area (Å²) >= 11 is 5.06. The molecule has 0 aliphatic carbocycles. The highest BCUT2D eigenvalue weighted by molar-refractivity contribution is 9.10. The van der Waals surface area contributed by atoms with E-state index in [1.165, 1.54) is 0 Å². The smallest absolute Gasteiger partial charge is 0.144 e. The fourth-order valence-corrected chi connectivity index (χ4v) is 2.78. The van der Waals surface area contributed by atoms with Crippen molar-refractivity contribution in [1.29, 1.82) is 0 Å². The number of aromatic nitrogens is 2. The Balaban J connectivity index is 2.22. The third-order valence-electron chi connectivity index (χ3n) is 2.27. The number of rotatable bonds is 4. The monoisotopic (exact) mass is 325 g/mol. The lowest BCUT2D eigenvalue weighted by molar-refractivity contribution is 0.414. The number of anilines is 1. The van der Waals surface area contributed by atoms with E-state index in [0.29, 0.717) is 0 Å². The van der Waals surface area contributed by atoms with Crippen LogP contribution < -0.4 is 10.1 Å². The Bertz CT molecular complexity index is 533. The van der Waals surface area contributed by atoms with Crippen LogP contribution in [0, 0.1) is 0 Å². The maximum absolute atomic E-state index is 5.13. The average Bonchev–Trinajstić information content (AvgIpc) is 2.42. The van der Waals surface area contributed by atoms with Gasteiger partial charge in [0.15, 0.2) is 0 Å². The summed E-state index contributed by atoms with van der Waals surface area (Å²) in [5.41, 5.74) is 0. The van der Waals surface area contributed by atoms with Gasteiger partial charge in [-0.25, -0.2) is 9.97 Å². The number of methoxy groups -OCH3 is 1. The Kier molecular flexibility index (Phi) is 4.43. The molecule has 0 fully saturated rings. The summed E-state index contributed by atoms with van der Waals surface area (Å²) in [5.74, 6) is 1.62. The molecular weight excluding hydrogens is 314 g/mol. The van der Waals surface area contributed by atoms with Gasteiger partial charge in [-0.05, 0) is 40.2 Å². The number of halogens is 1. The molecular formula is C12H12BrN3OS. The van der Waals surface area contributed by atoms with E-state index in [4.69, 9.17) is 4.74 Å². The van der Waals surface area contributed by atoms with Gasteiger partial charge in [0, 0.05) is 11.9 Å². The standard InChI is InChI=1S/C12H12BrN3OS/c1-14-11-10(13)12(16-7-15-11)18-9-5-3-8(17-2)4-6-9/h3-7H,1-2H3,(H,14,15,16). The van der Waals surface area contributed by atoms with E-state index in [-0.39, 0.29) is 0 Å². The second-order valence-electron chi connectivity index (χ2n) is 3.37. The van der Waals surface area contributed by atoms with Crippen LogP contribution in [0.4, 0.5) is 5.82 Å². The second kappa shape index (κ2) is 6.06. The molecule has 0 saturated heterocycles. The summed E-state index contributed by atoms with van der Waals surface area (Å²) in [6, 6.07) is 7.85. The van der Waals surface area contributed by atoms with Crippen LogP contribution in [0.15, 0.2) is 45.0 Å². The minimum atomic E-state index is 0.779. The lowest BCUT2D eigenvalue weighted by Gasteiger charge is -2.07. The third kappa shape index (κ3) is 2.94. The topological polar surface area (TPSA) is 47.0 Å². The Morgan fingerprint density at radius 3 is 2.56 bits per heavy atom. The molecule has 1 heterocycles. The van der Waals surface area contributed by atoms with E-state index >= 15 is 0 Å². The van der Waals surface area contributed by atoms with E-state index in [1.807, 2.05) is 31.3 Å². The predicted molar refractivity (Wildman–Crippen MR) is 76.4 cm³/mol. The van der Waals surface area contributed by atoms with Gasteiger partial charge in [-0.15, -0.1) is 0 Å². The SMILES string of the molecule is CNc1ncnc(Sc2ccc(OC)cc2)c1Br. The number of nitrogens with zero attached hydrogens (tertiary/aromatic N) is 2. The summed E-state index contributed by atoms with van der Waals surface area (Å²) in [4.78, 5) is 9.48. The fraction of sp³-hybridized carbons (Fsp3) is 0.167. The number of nitrogens with one attached hydrogen (secondary N) is 1. The first-order valence-electron chi connectivity index (χ1n) is 5.24. The van der Waals surface area contributed by atoms with E-state index in [0.717, 1.165) is 26.0 Å². The molecule has 18 heavy (non-hydrogen) atoms. The van der Waals surface area contributed by atoms with Crippen molar-refractivity contribution >= 4 is 33.5 Å². The van der Waals surface area contributed by atoms with Crippen LogP contribution in [0.5, 0.6) is 5.75 Å². The largest absolute Gasteiger partial charge is 0.497 e. The van der Waals surface area contributed by atoms with Crippen LogP contribution in [-0.2, 0) is 0 Å². The summed E-state index contributed by atoms with van der Waals surface area (Å²) in [6.45, 7) is 0. The second-order valence-corrected chi connectivity index (χ2v) is 5.22.